The van der Waals surface area contributed by atoms with Gasteiger partial charge in [-0.15, -0.1) is 10.2 Å². The van der Waals surface area contributed by atoms with Gasteiger partial charge in [-0.1, -0.05) is 62.4 Å². The summed E-state index contributed by atoms with van der Waals surface area (Å²) in [6.45, 7) is 4.84. The molecule has 2 heterocycles. The molecule has 0 aliphatic rings. The van der Waals surface area contributed by atoms with E-state index in [1.54, 1.807) is 0 Å². The van der Waals surface area contributed by atoms with E-state index in [0.717, 1.165) is 46.6 Å². The van der Waals surface area contributed by atoms with Crippen molar-refractivity contribution in [3.05, 3.63) is 71.0 Å². The Morgan fingerprint density at radius 3 is 2.42 bits per heavy atom. The monoisotopic (exact) mass is 415 g/mol. The number of H-pyrrole nitrogens is 1. The third kappa shape index (κ3) is 4.09. The molecule has 0 radical (unpaired) electrons. The Kier molecular flexibility index (Phi) is 5.88. The van der Waals surface area contributed by atoms with Gasteiger partial charge in [0, 0.05) is 18.5 Å². The van der Waals surface area contributed by atoms with Crippen molar-refractivity contribution in [2.75, 3.05) is 0 Å². The summed E-state index contributed by atoms with van der Waals surface area (Å²) < 4.78 is 1.93. The van der Waals surface area contributed by atoms with E-state index in [-0.39, 0.29) is 0 Å². The van der Waals surface area contributed by atoms with Crippen LogP contribution < -0.4 is 5.73 Å². The lowest BCUT2D eigenvalue weighted by Crippen LogP contribution is -2.16. The van der Waals surface area contributed by atoms with E-state index in [9.17, 15) is 4.79 Å². The number of primary amides is 1. The summed E-state index contributed by atoms with van der Waals surface area (Å²) in [7, 11) is 0. The van der Waals surface area contributed by atoms with Gasteiger partial charge in [0.15, 0.2) is 0 Å². The Bertz CT molecular complexity index is 1180. The van der Waals surface area contributed by atoms with Crippen LogP contribution in [0, 0.1) is 0 Å². The molecule has 8 nitrogen and oxygen atoms in total. The molecule has 1 amide bonds. The second-order valence-corrected chi connectivity index (χ2v) is 7.36. The van der Waals surface area contributed by atoms with Gasteiger partial charge in [-0.05, 0) is 34.7 Å². The maximum atomic E-state index is 12.1. The summed E-state index contributed by atoms with van der Waals surface area (Å²) in [6, 6.07) is 16.2. The molecule has 2 aromatic heterocycles. The molecule has 2 aromatic carbocycles. The molecule has 0 aliphatic heterocycles. The van der Waals surface area contributed by atoms with Crippen molar-refractivity contribution in [1.82, 2.24) is 30.4 Å². The molecule has 4 rings (SSSR count). The molecule has 0 bridgehead atoms. The van der Waals surface area contributed by atoms with Crippen LogP contribution in [0.5, 0.6) is 0 Å². The predicted molar refractivity (Wildman–Crippen MR) is 118 cm³/mol. The number of nitrogens with one attached hydrogen (secondary N) is 1. The van der Waals surface area contributed by atoms with Crippen LogP contribution >= 0.6 is 0 Å². The third-order valence-electron chi connectivity index (χ3n) is 5.30. The molecule has 8 heteroatoms. The highest BCUT2D eigenvalue weighted by Gasteiger charge is 2.21. The van der Waals surface area contributed by atoms with Gasteiger partial charge in [-0.2, -0.15) is 10.3 Å². The van der Waals surface area contributed by atoms with Crippen molar-refractivity contribution >= 4 is 5.91 Å². The quantitative estimate of drug-likeness (QED) is 0.458. The van der Waals surface area contributed by atoms with Crippen LogP contribution in [0.1, 0.15) is 47.6 Å². The van der Waals surface area contributed by atoms with Gasteiger partial charge in [-0.25, -0.2) is 0 Å². The number of tetrazole rings is 1. The number of aromatic nitrogens is 6. The number of amides is 1. The van der Waals surface area contributed by atoms with Crippen molar-refractivity contribution in [1.29, 1.82) is 0 Å². The van der Waals surface area contributed by atoms with E-state index < -0.39 is 5.91 Å². The number of hydrogen-bond donors (Lipinski definition) is 2. The SMILES string of the molecule is CCCn1nc(CC)c(C(N)=O)c1Cc1ccc(-c2ccccc2-c2nn[nH]n2)cc1. The van der Waals surface area contributed by atoms with Crippen LogP contribution in [0.25, 0.3) is 22.5 Å². The fraction of sp³-hybridized carbons (Fsp3) is 0.261. The normalized spacial score (nSPS) is 11.0. The number of aromatic amines is 1. The molecule has 31 heavy (non-hydrogen) atoms. The molecular weight excluding hydrogens is 390 g/mol. The van der Waals surface area contributed by atoms with Crippen molar-refractivity contribution in [3.63, 3.8) is 0 Å². The minimum atomic E-state index is -0.417. The second-order valence-electron chi connectivity index (χ2n) is 7.36. The van der Waals surface area contributed by atoms with Crippen LogP contribution in [0.3, 0.4) is 0 Å². The summed E-state index contributed by atoms with van der Waals surface area (Å²) in [5.41, 5.74) is 12.0. The summed E-state index contributed by atoms with van der Waals surface area (Å²) in [6.07, 6.45) is 2.20. The lowest BCUT2D eigenvalue weighted by atomic mass is 9.97. The second kappa shape index (κ2) is 8.91. The number of aryl methyl sites for hydroxylation is 2. The van der Waals surface area contributed by atoms with Gasteiger partial charge in [0.1, 0.15) is 0 Å². The van der Waals surface area contributed by atoms with Crippen molar-refractivity contribution in [2.24, 2.45) is 5.73 Å². The van der Waals surface area contributed by atoms with E-state index in [4.69, 9.17) is 5.73 Å². The summed E-state index contributed by atoms with van der Waals surface area (Å²) in [4.78, 5) is 12.1. The minimum absolute atomic E-state index is 0.417. The van der Waals surface area contributed by atoms with Crippen molar-refractivity contribution in [2.45, 2.75) is 39.7 Å². The molecular formula is C23H25N7O. The number of benzene rings is 2. The maximum Gasteiger partial charge on any atom is 0.252 e. The fourth-order valence-electron chi connectivity index (χ4n) is 3.86. The lowest BCUT2D eigenvalue weighted by Gasteiger charge is -2.10. The van der Waals surface area contributed by atoms with Gasteiger partial charge in [-0.3, -0.25) is 9.48 Å². The highest BCUT2D eigenvalue weighted by atomic mass is 16.1. The minimum Gasteiger partial charge on any atom is -0.365 e. The summed E-state index contributed by atoms with van der Waals surface area (Å²) >= 11 is 0. The molecule has 0 atom stereocenters. The topological polar surface area (TPSA) is 115 Å². The molecule has 4 aromatic rings. The lowest BCUT2D eigenvalue weighted by molar-refractivity contribution is 0.0998. The van der Waals surface area contributed by atoms with E-state index in [1.165, 1.54) is 0 Å². The number of carbonyl (C=O) groups excluding carboxylic acids is 1. The molecule has 3 N–H and O–H groups in total. The van der Waals surface area contributed by atoms with Gasteiger partial charge in [0.2, 0.25) is 5.82 Å². The average Bonchev–Trinajstić information content (AvgIpc) is 3.43. The van der Waals surface area contributed by atoms with Crippen molar-refractivity contribution < 1.29 is 4.79 Å². The Labute approximate surface area is 180 Å². The van der Waals surface area contributed by atoms with Crippen LogP contribution in [0.4, 0.5) is 0 Å². The highest BCUT2D eigenvalue weighted by Crippen LogP contribution is 2.30. The van der Waals surface area contributed by atoms with Gasteiger partial charge >= 0.3 is 0 Å². The van der Waals surface area contributed by atoms with Gasteiger partial charge in [0.25, 0.3) is 5.91 Å². The van der Waals surface area contributed by atoms with E-state index >= 15 is 0 Å². The third-order valence-corrected chi connectivity index (χ3v) is 5.30. The maximum absolute atomic E-state index is 12.1. The Balaban J connectivity index is 1.67. The molecule has 0 fully saturated rings. The highest BCUT2D eigenvalue weighted by molar-refractivity contribution is 5.95. The zero-order chi connectivity index (χ0) is 21.8. The van der Waals surface area contributed by atoms with Crippen LogP contribution in [-0.4, -0.2) is 36.3 Å². The zero-order valence-electron chi connectivity index (χ0n) is 17.7. The van der Waals surface area contributed by atoms with Crippen LogP contribution in [0.2, 0.25) is 0 Å². The van der Waals surface area contributed by atoms with E-state index in [2.05, 4.69) is 56.9 Å². The Morgan fingerprint density at radius 2 is 1.81 bits per heavy atom. The number of hydrogen-bond acceptors (Lipinski definition) is 5. The summed E-state index contributed by atoms with van der Waals surface area (Å²) in [5, 5.41) is 19.0. The molecule has 0 unspecified atom stereocenters. The number of rotatable bonds is 8. The average molecular weight is 416 g/mol. The zero-order valence-corrected chi connectivity index (χ0v) is 17.7. The van der Waals surface area contributed by atoms with Crippen molar-refractivity contribution in [3.8, 4) is 22.5 Å². The Hall–Kier alpha value is -3.81. The standard InChI is InChI=1S/C23H25N7O/c1-3-13-30-20(21(22(24)31)19(4-2)27-30)14-15-9-11-16(12-10-15)17-7-5-6-8-18(17)23-25-28-29-26-23/h5-12H,3-4,13-14H2,1-2H3,(H2,24,31)(H,25,26,28,29). The van der Waals surface area contributed by atoms with Crippen LogP contribution in [0.15, 0.2) is 48.5 Å². The van der Waals surface area contributed by atoms with Gasteiger partial charge < -0.3 is 5.73 Å². The van der Waals surface area contributed by atoms with Gasteiger partial charge in [0.05, 0.1) is 17.0 Å². The predicted octanol–water partition coefficient (Wildman–Crippen LogP) is 3.39. The number of nitrogens with two attached hydrogens (primary N) is 1. The van der Waals surface area contributed by atoms with E-state index in [1.807, 2.05) is 35.9 Å². The first-order chi connectivity index (χ1) is 15.1. The molecule has 158 valence electrons. The molecule has 0 spiro atoms. The van der Waals surface area contributed by atoms with E-state index in [0.29, 0.717) is 24.2 Å². The molecule has 0 aliphatic carbocycles. The number of nitrogens with zero attached hydrogens (tertiary/aromatic N) is 5. The Morgan fingerprint density at radius 1 is 1.06 bits per heavy atom. The van der Waals surface area contributed by atoms with Crippen LogP contribution in [-0.2, 0) is 19.4 Å². The first kappa shape index (κ1) is 20.5. The first-order valence-corrected chi connectivity index (χ1v) is 10.4. The first-order valence-electron chi connectivity index (χ1n) is 10.4. The molecule has 0 saturated heterocycles. The number of carbonyl (C=O) groups is 1. The fourth-order valence-corrected chi connectivity index (χ4v) is 3.86. The smallest absolute Gasteiger partial charge is 0.252 e. The molecule has 0 saturated carbocycles. The summed E-state index contributed by atoms with van der Waals surface area (Å²) in [5.74, 6) is 0.140. The largest absolute Gasteiger partial charge is 0.365 e.